The first-order chi connectivity index (χ1) is 12.3. The van der Waals surface area contributed by atoms with Crippen molar-refractivity contribution in [3.63, 3.8) is 0 Å². The molecular weight excluding hydrogens is 359 g/mol. The highest BCUT2D eigenvalue weighted by atomic mass is 31.2. The Morgan fingerprint density at radius 3 is 1.62 bits per heavy atom. The summed E-state index contributed by atoms with van der Waals surface area (Å²) in [7, 11) is -3.05. The molecule has 0 amide bonds. The van der Waals surface area contributed by atoms with Crippen molar-refractivity contribution in [2.45, 2.75) is 11.1 Å². The van der Waals surface area contributed by atoms with E-state index in [9.17, 15) is 23.9 Å². The molecule has 0 bridgehead atoms. The van der Waals surface area contributed by atoms with Crippen molar-refractivity contribution in [2.75, 3.05) is 14.2 Å². The summed E-state index contributed by atoms with van der Waals surface area (Å²) in [5.41, 5.74) is -3.78. The van der Waals surface area contributed by atoms with Crippen LogP contribution in [0.25, 0.3) is 0 Å². The van der Waals surface area contributed by atoms with Crippen LogP contribution in [0.5, 0.6) is 0 Å². The normalized spacial score (nSPS) is 12.9. The molecule has 0 aliphatic rings. The first-order valence-corrected chi connectivity index (χ1v) is 9.30. The molecule has 0 heterocycles. The van der Waals surface area contributed by atoms with Crippen LogP contribution in [0.2, 0.25) is 0 Å². The smallest absolute Gasteiger partial charge is 0.341 e. The van der Waals surface area contributed by atoms with E-state index in [1.807, 2.05) is 0 Å². The fourth-order valence-corrected chi connectivity index (χ4v) is 4.36. The van der Waals surface area contributed by atoms with Crippen LogP contribution < -0.4 is 0 Å². The molecule has 0 aromatic heterocycles. The number of hydrogen-bond acceptors (Lipinski definition) is 5. The lowest BCUT2D eigenvalue weighted by molar-refractivity contribution is -0.152. The molecule has 138 valence electrons. The minimum atomic E-state index is -5.14. The highest BCUT2D eigenvalue weighted by Gasteiger charge is 2.61. The van der Waals surface area contributed by atoms with Crippen LogP contribution in [-0.4, -0.2) is 41.6 Å². The van der Waals surface area contributed by atoms with Gasteiger partial charge in [0.15, 0.2) is 5.66 Å². The largest absolute Gasteiger partial charge is 0.468 e. The van der Waals surface area contributed by atoms with Crippen molar-refractivity contribution in [3.05, 3.63) is 71.8 Å². The molecule has 0 saturated carbocycles. The van der Waals surface area contributed by atoms with E-state index in [2.05, 4.69) is 4.74 Å². The molecular formula is C18H19O7P. The van der Waals surface area contributed by atoms with E-state index in [-0.39, 0.29) is 11.1 Å². The first-order valence-electron chi connectivity index (χ1n) is 7.62. The zero-order chi connectivity index (χ0) is 19.4. The molecule has 0 radical (unpaired) electrons. The number of hydrogen-bond donors (Lipinski definition) is 2. The van der Waals surface area contributed by atoms with Gasteiger partial charge in [0.25, 0.3) is 0 Å². The Morgan fingerprint density at radius 2 is 1.31 bits per heavy atom. The third-order valence-corrected chi connectivity index (χ3v) is 5.41. The number of rotatable bonds is 6. The number of carbonyl (C=O) groups excluding carboxylic acids is 2. The number of carbonyl (C=O) groups is 2. The second-order valence-electron chi connectivity index (χ2n) is 5.55. The van der Waals surface area contributed by atoms with Crippen molar-refractivity contribution in [2.24, 2.45) is 0 Å². The van der Waals surface area contributed by atoms with Gasteiger partial charge in [-0.25, -0.2) is 0 Å². The van der Waals surface area contributed by atoms with Gasteiger partial charge < -0.3 is 19.3 Å². The van der Waals surface area contributed by atoms with Gasteiger partial charge in [-0.2, -0.15) is 0 Å². The number of benzene rings is 2. The summed E-state index contributed by atoms with van der Waals surface area (Å²) >= 11 is 0. The molecule has 0 saturated heterocycles. The van der Waals surface area contributed by atoms with Gasteiger partial charge in [-0.1, -0.05) is 60.7 Å². The minimum Gasteiger partial charge on any atom is -0.468 e. The molecule has 2 aromatic rings. The van der Waals surface area contributed by atoms with Crippen molar-refractivity contribution >= 4 is 19.5 Å². The number of methoxy groups -OCH3 is 2. The van der Waals surface area contributed by atoms with E-state index in [4.69, 9.17) is 4.74 Å². The van der Waals surface area contributed by atoms with Crippen LogP contribution in [0.15, 0.2) is 60.7 Å². The maximum Gasteiger partial charge on any atom is 0.341 e. The summed E-state index contributed by atoms with van der Waals surface area (Å²) < 4.78 is 21.9. The fraction of sp³-hybridized carbons (Fsp3) is 0.222. The molecule has 0 fully saturated rings. The molecule has 26 heavy (non-hydrogen) atoms. The molecule has 0 aliphatic carbocycles. The van der Waals surface area contributed by atoms with Gasteiger partial charge in [0.05, 0.1) is 14.2 Å². The van der Waals surface area contributed by atoms with Crippen molar-refractivity contribution in [3.8, 4) is 0 Å². The highest BCUT2D eigenvalue weighted by molar-refractivity contribution is 7.54. The van der Waals surface area contributed by atoms with Gasteiger partial charge in [0.2, 0.25) is 0 Å². The van der Waals surface area contributed by atoms with E-state index in [1.165, 1.54) is 24.3 Å². The molecule has 1 unspecified atom stereocenters. The Bertz CT molecular complexity index is 774. The van der Waals surface area contributed by atoms with Crippen LogP contribution in [0.3, 0.4) is 0 Å². The maximum absolute atomic E-state index is 13.0. The van der Waals surface area contributed by atoms with Gasteiger partial charge in [-0.15, -0.1) is 0 Å². The van der Waals surface area contributed by atoms with Crippen LogP contribution in [0.1, 0.15) is 11.1 Å². The van der Waals surface area contributed by atoms with E-state index < -0.39 is 30.6 Å². The van der Waals surface area contributed by atoms with Crippen LogP contribution in [-0.2, 0) is 29.0 Å². The monoisotopic (exact) mass is 378 g/mol. The summed E-state index contributed by atoms with van der Waals surface area (Å²) in [6, 6.07) is 15.8. The molecule has 2 rings (SSSR count). The van der Waals surface area contributed by atoms with Crippen molar-refractivity contribution < 1.29 is 33.4 Å². The minimum absolute atomic E-state index is 0.205. The lowest BCUT2D eigenvalue weighted by atomic mass is 9.71. The standard InChI is InChI=1S/C18H19O7P/c1-24-16(19)15(26(21,22)23)18(17(20)25-2,13-9-5-3-6-10-13)14-11-7-4-8-12-14/h3-12,15H,1-2H3,(H2,21,22,23). The quantitative estimate of drug-likeness (QED) is 0.583. The predicted molar refractivity (Wildman–Crippen MR) is 93.5 cm³/mol. The predicted octanol–water partition coefficient (Wildman–Crippen LogP) is 1.87. The van der Waals surface area contributed by atoms with Crippen molar-refractivity contribution in [1.29, 1.82) is 0 Å². The average Bonchev–Trinajstić information content (AvgIpc) is 2.65. The van der Waals surface area contributed by atoms with Gasteiger partial charge in [-0.05, 0) is 11.1 Å². The topological polar surface area (TPSA) is 110 Å². The summed E-state index contributed by atoms with van der Waals surface area (Å²) in [6.45, 7) is 0. The lowest BCUT2D eigenvalue weighted by Crippen LogP contribution is -2.52. The summed E-state index contributed by atoms with van der Waals surface area (Å²) in [6.07, 6.45) is 0. The average molecular weight is 378 g/mol. The first kappa shape index (κ1) is 19.8. The fourth-order valence-electron chi connectivity index (χ4n) is 3.07. The van der Waals surface area contributed by atoms with Gasteiger partial charge in [0.1, 0.15) is 5.41 Å². The second kappa shape index (κ2) is 7.83. The Labute approximate surface area is 150 Å². The number of esters is 2. The molecule has 2 N–H and O–H groups in total. The Hall–Kier alpha value is -2.47. The highest BCUT2D eigenvalue weighted by Crippen LogP contribution is 2.54. The zero-order valence-electron chi connectivity index (χ0n) is 14.2. The third-order valence-electron chi connectivity index (χ3n) is 4.14. The number of ether oxygens (including phenoxy) is 2. The van der Waals surface area contributed by atoms with Crippen LogP contribution in [0.4, 0.5) is 0 Å². The Balaban J connectivity index is 2.98. The van der Waals surface area contributed by atoms with Gasteiger partial charge in [0, 0.05) is 0 Å². The van der Waals surface area contributed by atoms with E-state index in [1.54, 1.807) is 36.4 Å². The summed E-state index contributed by atoms with van der Waals surface area (Å²) in [4.78, 5) is 45.4. The Kier molecular flexibility index (Phi) is 5.97. The van der Waals surface area contributed by atoms with E-state index in [0.29, 0.717) is 0 Å². The van der Waals surface area contributed by atoms with E-state index in [0.717, 1.165) is 14.2 Å². The SMILES string of the molecule is COC(=O)C(C(C(=O)OC)(c1ccccc1)c1ccccc1)P(=O)(O)O. The molecule has 0 spiro atoms. The van der Waals surface area contributed by atoms with Crippen LogP contribution in [0, 0.1) is 0 Å². The molecule has 1 atom stereocenters. The second-order valence-corrected chi connectivity index (χ2v) is 7.24. The van der Waals surface area contributed by atoms with Gasteiger partial charge >= 0.3 is 19.5 Å². The molecule has 7 nitrogen and oxygen atoms in total. The molecule has 8 heteroatoms. The lowest BCUT2D eigenvalue weighted by Gasteiger charge is -2.37. The third kappa shape index (κ3) is 3.42. The Morgan fingerprint density at radius 1 is 0.885 bits per heavy atom. The molecule has 2 aromatic carbocycles. The van der Waals surface area contributed by atoms with Crippen molar-refractivity contribution in [1.82, 2.24) is 0 Å². The summed E-state index contributed by atoms with van der Waals surface area (Å²) in [5, 5.41) is 0. The zero-order valence-corrected chi connectivity index (χ0v) is 15.1. The van der Waals surface area contributed by atoms with Crippen LogP contribution >= 0.6 is 7.60 Å². The van der Waals surface area contributed by atoms with Gasteiger partial charge in [-0.3, -0.25) is 14.2 Å². The maximum atomic E-state index is 13.0. The summed E-state index contributed by atoms with van der Waals surface area (Å²) in [5.74, 6) is -2.19. The van der Waals surface area contributed by atoms with E-state index >= 15 is 0 Å². The molecule has 0 aliphatic heterocycles.